The first-order valence-corrected chi connectivity index (χ1v) is 8.14. The van der Waals surface area contributed by atoms with Gasteiger partial charge in [-0.2, -0.15) is 4.98 Å². The van der Waals surface area contributed by atoms with E-state index in [0.717, 1.165) is 11.1 Å². The molecule has 0 bridgehead atoms. The number of ether oxygens (including phenoxy) is 1. The van der Waals surface area contributed by atoms with Crippen LogP contribution in [0.25, 0.3) is 11.3 Å². The van der Waals surface area contributed by atoms with Gasteiger partial charge >= 0.3 is 0 Å². The Labute approximate surface area is 148 Å². The lowest BCUT2D eigenvalue weighted by molar-refractivity contribution is 0.311. The molecule has 0 saturated heterocycles. The third kappa shape index (κ3) is 3.10. The summed E-state index contributed by atoms with van der Waals surface area (Å²) in [6.45, 7) is 3.23. The summed E-state index contributed by atoms with van der Waals surface area (Å²) in [7, 11) is 0. The maximum absolute atomic E-state index is 10.4. The summed E-state index contributed by atoms with van der Waals surface area (Å²) in [5, 5.41) is 14.9. The Balaban J connectivity index is 1.72. The maximum Gasteiger partial charge on any atom is 0.266 e. The van der Waals surface area contributed by atoms with Crippen LogP contribution in [0.15, 0.2) is 35.0 Å². The lowest BCUT2D eigenvalue weighted by Crippen LogP contribution is -2.26. The Morgan fingerprint density at radius 2 is 2.16 bits per heavy atom. The number of rotatable bonds is 2. The van der Waals surface area contributed by atoms with Crippen molar-refractivity contribution in [3.8, 4) is 22.8 Å². The molecule has 0 saturated carbocycles. The van der Waals surface area contributed by atoms with Crippen molar-refractivity contribution in [2.45, 2.75) is 13.5 Å². The molecular weight excluding hydrogens is 344 g/mol. The van der Waals surface area contributed by atoms with E-state index in [4.69, 9.17) is 20.9 Å². The molecule has 3 heterocycles. The zero-order chi connectivity index (χ0) is 17.4. The highest BCUT2D eigenvalue weighted by atomic mass is 35.5. The Hall–Kier alpha value is -2.80. The molecule has 0 amide bonds. The minimum absolute atomic E-state index is 0.0791. The number of hydrogen-bond acceptors (Lipinski definition) is 7. The molecule has 0 spiro atoms. The summed E-state index contributed by atoms with van der Waals surface area (Å²) in [5.74, 6) is 1.56. The number of aryl methyl sites for hydroxylation is 1. The lowest BCUT2D eigenvalue weighted by atomic mass is 10.1. The predicted octanol–water partition coefficient (Wildman–Crippen LogP) is 3.20. The Bertz CT molecular complexity index is 911. The van der Waals surface area contributed by atoms with Crippen LogP contribution in [0.2, 0.25) is 5.02 Å². The SMILES string of the molecule is Cc1nc(N2CCOc3c(O)cc(-c4ccc(Cl)cn4)cc3C2)no1. The molecule has 0 atom stereocenters. The number of fused-ring (bicyclic) bond motifs is 1. The van der Waals surface area contributed by atoms with Crippen molar-refractivity contribution < 1.29 is 14.4 Å². The zero-order valence-corrected chi connectivity index (χ0v) is 14.2. The minimum Gasteiger partial charge on any atom is -0.504 e. The number of halogens is 1. The molecule has 25 heavy (non-hydrogen) atoms. The normalized spacial score (nSPS) is 13.9. The van der Waals surface area contributed by atoms with Crippen LogP contribution < -0.4 is 9.64 Å². The average Bonchev–Trinajstić information content (AvgIpc) is 2.90. The summed E-state index contributed by atoms with van der Waals surface area (Å²) < 4.78 is 10.8. The van der Waals surface area contributed by atoms with Crippen molar-refractivity contribution in [1.29, 1.82) is 0 Å². The van der Waals surface area contributed by atoms with E-state index in [9.17, 15) is 5.11 Å². The number of benzene rings is 1. The fraction of sp³-hybridized carbons (Fsp3) is 0.235. The van der Waals surface area contributed by atoms with Gasteiger partial charge in [0.25, 0.3) is 5.95 Å². The van der Waals surface area contributed by atoms with Crippen molar-refractivity contribution in [2.24, 2.45) is 0 Å². The van der Waals surface area contributed by atoms with Crippen LogP contribution in [0, 0.1) is 6.92 Å². The number of nitrogens with zero attached hydrogens (tertiary/aromatic N) is 4. The molecule has 128 valence electrons. The molecule has 1 aromatic carbocycles. The van der Waals surface area contributed by atoms with Crippen molar-refractivity contribution in [3.63, 3.8) is 0 Å². The molecule has 7 nitrogen and oxygen atoms in total. The quantitative estimate of drug-likeness (QED) is 0.752. The molecule has 3 aromatic rings. The summed E-state index contributed by atoms with van der Waals surface area (Å²) in [5.41, 5.74) is 2.32. The van der Waals surface area contributed by atoms with Crippen molar-refractivity contribution in [2.75, 3.05) is 18.1 Å². The summed E-state index contributed by atoms with van der Waals surface area (Å²) in [4.78, 5) is 10.5. The molecule has 1 aliphatic rings. The number of pyridine rings is 1. The van der Waals surface area contributed by atoms with E-state index in [0.29, 0.717) is 48.0 Å². The van der Waals surface area contributed by atoms with Crippen molar-refractivity contribution in [3.05, 3.63) is 46.9 Å². The first-order valence-electron chi connectivity index (χ1n) is 7.76. The molecule has 1 N–H and O–H groups in total. The van der Waals surface area contributed by atoms with Crippen LogP contribution in [0.4, 0.5) is 5.95 Å². The third-order valence-corrected chi connectivity index (χ3v) is 4.16. The molecule has 0 unspecified atom stereocenters. The van der Waals surface area contributed by atoms with Gasteiger partial charge in [-0.05, 0) is 29.4 Å². The highest BCUT2D eigenvalue weighted by Gasteiger charge is 2.22. The number of anilines is 1. The number of phenolic OH excluding ortho intramolecular Hbond substituents is 1. The fourth-order valence-corrected chi connectivity index (χ4v) is 2.89. The van der Waals surface area contributed by atoms with Crippen LogP contribution in [-0.4, -0.2) is 33.4 Å². The lowest BCUT2D eigenvalue weighted by Gasteiger charge is -2.17. The number of hydrogen-bond donors (Lipinski definition) is 1. The predicted molar refractivity (Wildman–Crippen MR) is 91.9 cm³/mol. The van der Waals surface area contributed by atoms with Gasteiger partial charge in [0.15, 0.2) is 11.5 Å². The second-order valence-corrected chi connectivity index (χ2v) is 6.17. The van der Waals surface area contributed by atoms with Crippen LogP contribution in [0.1, 0.15) is 11.5 Å². The van der Waals surface area contributed by atoms with Crippen molar-refractivity contribution >= 4 is 17.5 Å². The van der Waals surface area contributed by atoms with Gasteiger partial charge in [-0.1, -0.05) is 11.6 Å². The first-order chi connectivity index (χ1) is 12.1. The summed E-state index contributed by atoms with van der Waals surface area (Å²) >= 11 is 5.89. The van der Waals surface area contributed by atoms with Gasteiger partial charge in [0, 0.05) is 30.8 Å². The van der Waals surface area contributed by atoms with E-state index < -0.39 is 0 Å². The average molecular weight is 359 g/mol. The van der Waals surface area contributed by atoms with Gasteiger partial charge in [-0.3, -0.25) is 4.98 Å². The highest BCUT2D eigenvalue weighted by Crippen LogP contribution is 2.37. The van der Waals surface area contributed by atoms with Gasteiger partial charge in [-0.25, -0.2) is 0 Å². The standard InChI is InChI=1S/C17H15ClN4O3/c1-10-20-17(21-25-10)22-4-5-24-16-12(9-22)6-11(7-15(16)23)14-3-2-13(18)8-19-14/h2-3,6-8,23H,4-5,9H2,1H3. The first kappa shape index (κ1) is 15.7. The molecule has 4 rings (SSSR count). The molecular formula is C17H15ClN4O3. The zero-order valence-electron chi connectivity index (χ0n) is 13.4. The number of phenols is 1. The second-order valence-electron chi connectivity index (χ2n) is 5.73. The van der Waals surface area contributed by atoms with E-state index >= 15 is 0 Å². The van der Waals surface area contributed by atoms with E-state index in [1.807, 2.05) is 11.0 Å². The molecule has 8 heteroatoms. The minimum atomic E-state index is 0.0791. The largest absolute Gasteiger partial charge is 0.504 e. The van der Waals surface area contributed by atoms with Crippen LogP contribution in [0.3, 0.4) is 0 Å². The summed E-state index contributed by atoms with van der Waals surface area (Å²) in [6.07, 6.45) is 1.57. The van der Waals surface area contributed by atoms with Gasteiger partial charge in [0.1, 0.15) is 6.61 Å². The monoisotopic (exact) mass is 358 g/mol. The van der Waals surface area contributed by atoms with Gasteiger partial charge in [0.05, 0.1) is 17.3 Å². The van der Waals surface area contributed by atoms with Crippen LogP contribution in [-0.2, 0) is 6.54 Å². The van der Waals surface area contributed by atoms with Crippen LogP contribution in [0.5, 0.6) is 11.5 Å². The number of aromatic nitrogens is 3. The molecule has 2 aromatic heterocycles. The van der Waals surface area contributed by atoms with E-state index in [1.54, 1.807) is 31.3 Å². The molecule has 0 aliphatic carbocycles. The Kier molecular flexibility index (Phi) is 3.93. The topological polar surface area (TPSA) is 84.5 Å². The van der Waals surface area contributed by atoms with Gasteiger partial charge < -0.3 is 19.3 Å². The van der Waals surface area contributed by atoms with E-state index in [2.05, 4.69) is 15.1 Å². The third-order valence-electron chi connectivity index (χ3n) is 3.94. The maximum atomic E-state index is 10.4. The smallest absolute Gasteiger partial charge is 0.266 e. The second kappa shape index (κ2) is 6.25. The van der Waals surface area contributed by atoms with Crippen molar-refractivity contribution in [1.82, 2.24) is 15.1 Å². The van der Waals surface area contributed by atoms with Crippen LogP contribution >= 0.6 is 11.6 Å². The number of aromatic hydroxyl groups is 1. The van der Waals surface area contributed by atoms with Gasteiger partial charge in [-0.15, -0.1) is 0 Å². The molecule has 0 radical (unpaired) electrons. The molecule has 1 aliphatic heterocycles. The highest BCUT2D eigenvalue weighted by molar-refractivity contribution is 6.30. The van der Waals surface area contributed by atoms with E-state index in [-0.39, 0.29) is 5.75 Å². The Morgan fingerprint density at radius 3 is 2.88 bits per heavy atom. The Morgan fingerprint density at radius 1 is 1.28 bits per heavy atom. The fourth-order valence-electron chi connectivity index (χ4n) is 2.78. The van der Waals surface area contributed by atoms with Gasteiger partial charge in [0.2, 0.25) is 5.89 Å². The van der Waals surface area contributed by atoms with E-state index in [1.165, 1.54) is 0 Å². The molecule has 0 fully saturated rings. The summed E-state index contributed by atoms with van der Waals surface area (Å²) in [6, 6.07) is 7.15.